The minimum Gasteiger partial charge on any atom is -0.0312 e. The van der Waals surface area contributed by atoms with Crippen LogP contribution in [-0.2, 0) is 59.0 Å². The molecule has 2 aliphatic rings. The number of halogens is 4. The van der Waals surface area contributed by atoms with E-state index < -0.39 is 7.25 Å². The predicted molar refractivity (Wildman–Crippen MR) is 92.3 cm³/mol. The van der Waals surface area contributed by atoms with Crippen molar-refractivity contribution in [1.29, 1.82) is 0 Å². The molecular weight excluding hydrogens is 571 g/mol. The van der Waals surface area contributed by atoms with Crippen LogP contribution in [0.3, 0.4) is 0 Å². The molecule has 2 saturated carbocycles. The summed E-state index contributed by atoms with van der Waals surface area (Å²) in [5.41, 5.74) is 4.06. The Morgan fingerprint density at radius 3 is 0.800 bits per heavy atom. The minimum atomic E-state index is -6.00. The van der Waals surface area contributed by atoms with Gasteiger partial charge in [0.1, 0.15) is 0 Å². The Hall–Kier alpha value is -0.448. The van der Waals surface area contributed by atoms with Crippen molar-refractivity contribution in [2.24, 2.45) is 0 Å². The van der Waals surface area contributed by atoms with Crippen LogP contribution >= 0.6 is 0 Å². The summed E-state index contributed by atoms with van der Waals surface area (Å²) < 4.78 is 71.8. The first-order valence-electron chi connectivity index (χ1n) is 6.73. The van der Waals surface area contributed by atoms with Crippen LogP contribution in [0.5, 0.6) is 0 Å². The van der Waals surface area contributed by atoms with Crippen LogP contribution in [0.1, 0.15) is 13.8 Å². The smallest absolute Gasteiger partial charge is 0 e. The molecule has 30 heavy (non-hydrogen) atoms. The quantitative estimate of drug-likeness (QED) is 0.134. The van der Waals surface area contributed by atoms with Gasteiger partial charge in [0.2, 0.25) is 0 Å². The largest absolute Gasteiger partial charge is 0.0312 e. The molecule has 0 atom stereocenters. The molecule has 160 valence electrons. The first kappa shape index (κ1) is 47.4. The van der Waals surface area contributed by atoms with Crippen molar-refractivity contribution >= 4 is 11.3 Å². The van der Waals surface area contributed by atoms with E-state index in [2.05, 4.69) is 36.4 Å². The maximum absolute atomic E-state index is 9.75. The number of hydrogen-bond donors (Lipinski definition) is 0. The van der Waals surface area contributed by atoms with E-state index in [4.69, 9.17) is 18.6 Å². The molecule has 10 radical (unpaired) electrons. The van der Waals surface area contributed by atoms with Gasteiger partial charge in [-0.2, -0.15) is 0 Å². The van der Waals surface area contributed by atoms with Crippen LogP contribution in [0.2, 0.25) is 0 Å². The Balaban J connectivity index is -0.0000000419. The van der Waals surface area contributed by atoms with Crippen LogP contribution in [-0.4, -0.2) is 11.3 Å². The van der Waals surface area contributed by atoms with Gasteiger partial charge in [-0.05, 0) is 64.2 Å². The van der Waals surface area contributed by atoms with Crippen LogP contribution in [0.25, 0.3) is 0 Å². The first-order chi connectivity index (χ1) is 13.8. The molecule has 11 heteroatoms. The molecule has 0 N–H and O–H groups in total. The standard InChI is InChI=1S/2C5H5.C5H6.4CO.BF4.2Mo/c2*1-2-4-5-3-1;1-4-5(2)3;4*1-2;2-1(3,4)5;;/h2*1-5H;2-3H3;;;;;;;/q;;;;;;;-1;;. The normalized spacial score (nSPS) is 11.4. The molecule has 0 aromatic heterocycles. The van der Waals surface area contributed by atoms with Gasteiger partial charge in [-0.3, -0.25) is 0 Å². The average molecular weight is 587 g/mol. The molecule has 0 aromatic carbocycles. The molecule has 2 aliphatic carbocycles. The fraction of sp³-hybridized carbons (Fsp3) is 0.105. The monoisotopic (exact) mass is 591 g/mol. The Labute approximate surface area is 203 Å². The summed E-state index contributed by atoms with van der Waals surface area (Å²) in [6.07, 6.45) is 20.0. The molecule has 0 amide bonds. The maximum atomic E-state index is 9.75. The van der Waals surface area contributed by atoms with E-state index in [-0.39, 0.29) is 21.1 Å². The summed E-state index contributed by atoms with van der Waals surface area (Å²) in [5.74, 6) is 0. The summed E-state index contributed by atoms with van der Waals surface area (Å²) >= 11 is 1.78. The zero-order valence-electron chi connectivity index (χ0n) is 15.8. The minimum absolute atomic E-state index is 0. The molecule has 0 saturated heterocycles. The third-order valence-corrected chi connectivity index (χ3v) is 1.66. The Kier molecular flexibility index (Phi) is 81.0. The second kappa shape index (κ2) is 51.3. The molecule has 0 unspecified atom stereocenters. The molecule has 0 aliphatic heterocycles. The van der Waals surface area contributed by atoms with Crippen molar-refractivity contribution in [3.05, 3.63) is 102 Å². The summed E-state index contributed by atoms with van der Waals surface area (Å²) in [7, 11) is -6.00. The summed E-state index contributed by atoms with van der Waals surface area (Å²) in [5, 5.41) is 0. The van der Waals surface area contributed by atoms with E-state index in [1.54, 1.807) is 19.4 Å². The zero-order chi connectivity index (χ0) is 24.6. The Bertz CT molecular complexity index is 413. The van der Waals surface area contributed by atoms with Crippen molar-refractivity contribution in [3.8, 4) is 0 Å². The molecule has 0 spiro atoms. The van der Waals surface area contributed by atoms with Crippen molar-refractivity contribution in [2.75, 3.05) is 0 Å². The van der Waals surface area contributed by atoms with E-state index in [0.717, 1.165) is 0 Å². The second-order valence-corrected chi connectivity index (χ2v) is 4.15. The van der Waals surface area contributed by atoms with E-state index in [1.165, 1.54) is 5.57 Å². The Morgan fingerprint density at radius 2 is 0.767 bits per heavy atom. The van der Waals surface area contributed by atoms with Gasteiger partial charge in [-0.25, -0.2) is 0 Å². The zero-order valence-corrected chi connectivity index (χ0v) is 19.8. The van der Waals surface area contributed by atoms with Crippen molar-refractivity contribution in [3.63, 3.8) is 0 Å². The fourth-order valence-electron chi connectivity index (χ4n) is 0.744. The van der Waals surface area contributed by atoms with Crippen LogP contribution < -0.4 is 0 Å². The van der Waals surface area contributed by atoms with Gasteiger partial charge in [0.15, 0.2) is 0 Å². The molecule has 2 fully saturated rings. The third kappa shape index (κ3) is 123. The molecule has 0 bridgehead atoms. The van der Waals surface area contributed by atoms with Crippen molar-refractivity contribution in [1.82, 2.24) is 0 Å². The average Bonchev–Trinajstić information content (AvgIpc) is 3.45. The second-order valence-electron chi connectivity index (χ2n) is 3.65. The van der Waals surface area contributed by atoms with E-state index >= 15 is 0 Å². The summed E-state index contributed by atoms with van der Waals surface area (Å²) in [6, 6.07) is 0. The van der Waals surface area contributed by atoms with Gasteiger partial charge in [-0.1, -0.05) is 0 Å². The number of hydrogen-bond acceptors (Lipinski definition) is 0. The van der Waals surface area contributed by atoms with Crippen molar-refractivity contribution < 1.29 is 76.3 Å². The van der Waals surface area contributed by atoms with E-state index in [1.807, 2.05) is 78.1 Å². The van der Waals surface area contributed by atoms with Crippen LogP contribution in [0, 0.1) is 90.8 Å². The SMILES string of the molecule is CC(C)=C=[C]=[Mo].F[B-](F)(F)F.[C-]#[O+].[C-]#[O+].[C-]#[O+].[C-]#[O+].[CH]1[CH][CH][CH][CH]1.[CH]1[CH][CH][CH][CH]1.[Mo]. The first-order valence-corrected chi connectivity index (χ1v) is 7.73. The molecular formula is C19H16BF4Mo2O4-. The third-order valence-electron chi connectivity index (χ3n) is 1.41. The van der Waals surface area contributed by atoms with Gasteiger partial charge in [0.25, 0.3) is 0 Å². The molecule has 0 aromatic rings. The van der Waals surface area contributed by atoms with E-state index in [0.29, 0.717) is 0 Å². The Morgan fingerprint density at radius 1 is 0.633 bits per heavy atom. The maximum Gasteiger partial charge on any atom is 0 e. The van der Waals surface area contributed by atoms with Gasteiger partial charge >= 0.3 is 101 Å². The molecule has 2 rings (SSSR count). The number of allylic oxidation sites excluding steroid dienone is 1. The van der Waals surface area contributed by atoms with Gasteiger partial charge in [0, 0.05) is 21.1 Å². The molecule has 4 nitrogen and oxygen atoms in total. The topological polar surface area (TPSA) is 79.6 Å². The summed E-state index contributed by atoms with van der Waals surface area (Å²) in [4.78, 5) is 0. The van der Waals surface area contributed by atoms with E-state index in [9.17, 15) is 17.3 Å². The van der Waals surface area contributed by atoms with Gasteiger partial charge < -0.3 is 17.3 Å². The predicted octanol–water partition coefficient (Wildman–Crippen LogP) is 4.25. The van der Waals surface area contributed by atoms with Crippen molar-refractivity contribution in [2.45, 2.75) is 13.8 Å². The molecule has 0 heterocycles. The fourth-order valence-corrected chi connectivity index (χ4v) is 1.25. The summed E-state index contributed by atoms with van der Waals surface area (Å²) in [6.45, 7) is 22.0. The number of rotatable bonds is 0. The van der Waals surface area contributed by atoms with Gasteiger partial charge in [-0.15, -0.1) is 0 Å². The van der Waals surface area contributed by atoms with Crippen LogP contribution in [0.4, 0.5) is 17.3 Å². The van der Waals surface area contributed by atoms with Gasteiger partial charge in [0.05, 0.1) is 0 Å². The van der Waals surface area contributed by atoms with Crippen LogP contribution in [0.15, 0.2) is 11.3 Å².